The van der Waals surface area contributed by atoms with Crippen LogP contribution in [0.25, 0.3) is 0 Å². The lowest BCUT2D eigenvalue weighted by molar-refractivity contribution is -0.136. The van der Waals surface area contributed by atoms with Crippen molar-refractivity contribution in [2.75, 3.05) is 6.61 Å². The van der Waals surface area contributed by atoms with Gasteiger partial charge in [-0.3, -0.25) is 4.79 Å². The molecule has 0 spiro atoms. The second-order valence-electron chi connectivity index (χ2n) is 10.8. The fraction of sp³-hybridized carbons (Fsp3) is 0.128. The lowest BCUT2D eigenvalue weighted by atomic mass is 9.86. The van der Waals surface area contributed by atoms with Gasteiger partial charge in [0.25, 0.3) is 0 Å². The summed E-state index contributed by atoms with van der Waals surface area (Å²) in [7, 11) is 0. The molecule has 0 saturated heterocycles. The van der Waals surface area contributed by atoms with Gasteiger partial charge in [0.05, 0.1) is 6.61 Å². The lowest BCUT2D eigenvalue weighted by Gasteiger charge is -2.36. The fourth-order valence-corrected chi connectivity index (χ4v) is 10.00. The topological polar surface area (TPSA) is 81.7 Å². The fourth-order valence-electron chi connectivity index (χ4n) is 5.60. The molecule has 0 fully saturated rings. The van der Waals surface area contributed by atoms with Gasteiger partial charge < -0.3 is 14.8 Å². The SMILES string of the molecule is CCOC(=O)C(C(=O)C(C)(NC(=O)OCc1ccccc1)c1ccccc1)=P(c1ccccc1)(c1ccccc1)c1ccccc1. The molecule has 6 nitrogen and oxygen atoms in total. The van der Waals surface area contributed by atoms with Gasteiger partial charge in [0.15, 0.2) is 0 Å². The van der Waals surface area contributed by atoms with Gasteiger partial charge in [0.1, 0.15) is 17.4 Å². The molecule has 232 valence electrons. The van der Waals surface area contributed by atoms with E-state index in [0.717, 1.165) is 21.5 Å². The summed E-state index contributed by atoms with van der Waals surface area (Å²) < 4.78 is 11.3. The van der Waals surface area contributed by atoms with Gasteiger partial charge in [0, 0.05) is 0 Å². The van der Waals surface area contributed by atoms with E-state index in [4.69, 9.17) is 9.47 Å². The smallest absolute Gasteiger partial charge is 0.408 e. The first-order valence-electron chi connectivity index (χ1n) is 15.1. The van der Waals surface area contributed by atoms with Crippen molar-refractivity contribution >= 4 is 45.9 Å². The Balaban J connectivity index is 1.82. The first-order valence-corrected chi connectivity index (χ1v) is 16.9. The van der Waals surface area contributed by atoms with Crippen LogP contribution >= 0.6 is 6.89 Å². The Morgan fingerprint density at radius 3 is 1.46 bits per heavy atom. The maximum atomic E-state index is 15.5. The Bertz CT molecular complexity index is 1730. The highest BCUT2D eigenvalue weighted by Crippen LogP contribution is 2.48. The van der Waals surface area contributed by atoms with E-state index in [1.165, 1.54) is 0 Å². The molecule has 1 N–H and O–H groups in total. The lowest BCUT2D eigenvalue weighted by Crippen LogP contribution is -2.55. The molecule has 1 atom stereocenters. The average molecular weight is 630 g/mol. The summed E-state index contributed by atoms with van der Waals surface area (Å²) in [6.07, 6.45) is -0.796. The zero-order chi connectivity index (χ0) is 32.4. The van der Waals surface area contributed by atoms with Crippen LogP contribution in [-0.2, 0) is 31.2 Å². The number of hydrogen-bond acceptors (Lipinski definition) is 5. The van der Waals surface area contributed by atoms with E-state index in [-0.39, 0.29) is 18.5 Å². The number of amides is 1. The molecule has 0 aliphatic rings. The third kappa shape index (κ3) is 6.58. The van der Waals surface area contributed by atoms with Crippen LogP contribution in [-0.4, -0.2) is 29.7 Å². The molecule has 5 rings (SSSR count). The van der Waals surface area contributed by atoms with E-state index in [1.807, 2.05) is 127 Å². The molecule has 7 heteroatoms. The number of hydrogen-bond donors (Lipinski definition) is 1. The van der Waals surface area contributed by atoms with E-state index < -0.39 is 30.3 Å². The average Bonchev–Trinajstić information content (AvgIpc) is 3.11. The number of esters is 1. The predicted octanol–water partition coefficient (Wildman–Crippen LogP) is 6.13. The molecular formula is C39H36NO5P. The molecule has 0 aromatic heterocycles. The molecule has 46 heavy (non-hydrogen) atoms. The monoisotopic (exact) mass is 629 g/mol. The predicted molar refractivity (Wildman–Crippen MR) is 185 cm³/mol. The van der Waals surface area contributed by atoms with Crippen molar-refractivity contribution in [1.82, 2.24) is 5.32 Å². The molecule has 0 radical (unpaired) electrons. The molecule has 0 aliphatic carbocycles. The first kappa shape index (κ1) is 32.2. The summed E-state index contributed by atoms with van der Waals surface area (Å²) in [6.45, 7) is 0.165. The van der Waals surface area contributed by atoms with Gasteiger partial charge >= 0.3 is 12.1 Å². The summed E-state index contributed by atoms with van der Waals surface area (Å²) in [6, 6.07) is 47.0. The number of nitrogens with one attached hydrogen (secondary N) is 1. The van der Waals surface area contributed by atoms with Crippen LogP contribution in [0.15, 0.2) is 152 Å². The normalized spacial score (nSPS) is 12.3. The van der Waals surface area contributed by atoms with Crippen LogP contribution in [0.1, 0.15) is 25.0 Å². The highest BCUT2D eigenvalue weighted by atomic mass is 31.2. The van der Waals surface area contributed by atoms with Crippen LogP contribution < -0.4 is 21.2 Å². The van der Waals surface area contributed by atoms with E-state index in [2.05, 4.69) is 5.32 Å². The van der Waals surface area contributed by atoms with Crippen LogP contribution in [0.2, 0.25) is 0 Å². The van der Waals surface area contributed by atoms with Crippen LogP contribution in [0.3, 0.4) is 0 Å². The van der Waals surface area contributed by atoms with E-state index in [0.29, 0.717) is 5.56 Å². The van der Waals surface area contributed by atoms with Crippen molar-refractivity contribution in [2.24, 2.45) is 0 Å². The minimum atomic E-state index is -3.23. The molecule has 0 aliphatic heterocycles. The second kappa shape index (κ2) is 14.7. The maximum absolute atomic E-state index is 15.5. The summed E-state index contributed by atoms with van der Waals surface area (Å²) in [5.74, 6) is -1.32. The summed E-state index contributed by atoms with van der Waals surface area (Å²) in [5, 5.41) is 5.22. The number of ether oxygens (including phenoxy) is 2. The Morgan fingerprint density at radius 1 is 0.609 bits per heavy atom. The highest BCUT2D eigenvalue weighted by molar-refractivity contribution is 7.97. The van der Waals surface area contributed by atoms with E-state index in [1.54, 1.807) is 38.1 Å². The zero-order valence-corrected chi connectivity index (χ0v) is 26.7. The quantitative estimate of drug-likeness (QED) is 0.108. The Kier molecular flexibility index (Phi) is 10.3. The van der Waals surface area contributed by atoms with Crippen LogP contribution in [0.4, 0.5) is 4.79 Å². The molecule has 0 heterocycles. The number of ketones is 1. The first-order chi connectivity index (χ1) is 22.4. The zero-order valence-electron chi connectivity index (χ0n) is 25.8. The third-order valence-corrected chi connectivity index (χ3v) is 12.1. The Labute approximate surface area is 270 Å². The van der Waals surface area contributed by atoms with Crippen molar-refractivity contribution in [3.05, 3.63) is 163 Å². The third-order valence-electron chi connectivity index (χ3n) is 7.82. The number of Topliss-reactive ketones (excluding diaryl/α,β-unsaturated/α-hetero) is 1. The summed E-state index contributed by atoms with van der Waals surface area (Å²) >= 11 is 0. The molecule has 5 aromatic carbocycles. The summed E-state index contributed by atoms with van der Waals surface area (Å²) in [4.78, 5) is 43.4. The van der Waals surface area contributed by atoms with Crippen LogP contribution in [0.5, 0.6) is 0 Å². The van der Waals surface area contributed by atoms with Crippen molar-refractivity contribution in [3.8, 4) is 0 Å². The molecule has 0 bridgehead atoms. The number of rotatable bonds is 11. The maximum Gasteiger partial charge on any atom is 0.408 e. The van der Waals surface area contributed by atoms with E-state index in [9.17, 15) is 9.59 Å². The highest BCUT2D eigenvalue weighted by Gasteiger charge is 2.47. The molecule has 1 unspecified atom stereocenters. The van der Waals surface area contributed by atoms with Gasteiger partial charge in [0.2, 0.25) is 5.78 Å². The van der Waals surface area contributed by atoms with Gasteiger partial charge in [-0.2, -0.15) is 0 Å². The molecule has 1 amide bonds. The largest absolute Gasteiger partial charge is 0.462 e. The van der Waals surface area contributed by atoms with Crippen molar-refractivity contribution < 1.29 is 23.9 Å². The molecule has 0 saturated carbocycles. The number of benzene rings is 5. The Hall–Kier alpha value is -5.19. The standard InChI is InChI=1S/C39H36NO5P/c1-3-44-37(42)35(46(32-23-13-6-14-24-32,33-25-15-7-16-26-33)34-27-17-8-18-28-34)36(41)39(2,31-21-11-5-12-22-31)40-38(43)45-29-30-19-9-4-10-20-30/h4-28H,3,29H2,1-2H3,(H,40,43). The van der Waals surface area contributed by atoms with Crippen molar-refractivity contribution in [3.63, 3.8) is 0 Å². The number of carbonyl (C=O) groups is 3. The minimum Gasteiger partial charge on any atom is -0.462 e. The van der Waals surface area contributed by atoms with Crippen molar-refractivity contribution in [2.45, 2.75) is 26.0 Å². The van der Waals surface area contributed by atoms with Gasteiger partial charge in [-0.25, -0.2) is 9.59 Å². The van der Waals surface area contributed by atoms with Gasteiger partial charge in [-0.05, 0) is 47.8 Å². The molecular weight excluding hydrogens is 593 g/mol. The van der Waals surface area contributed by atoms with Crippen molar-refractivity contribution in [1.29, 1.82) is 0 Å². The second-order valence-corrected chi connectivity index (χ2v) is 14.1. The molecule has 5 aromatic rings. The van der Waals surface area contributed by atoms with Gasteiger partial charge in [-0.1, -0.05) is 152 Å². The van der Waals surface area contributed by atoms with Gasteiger partial charge in [-0.15, -0.1) is 0 Å². The number of alkyl carbamates (subject to hydrolysis) is 1. The number of carbonyl (C=O) groups excluding carboxylic acids is 3. The minimum absolute atomic E-state index is 0.00909. The summed E-state index contributed by atoms with van der Waals surface area (Å²) in [5.41, 5.74) is -0.419. The van der Waals surface area contributed by atoms with Crippen LogP contribution in [0, 0.1) is 0 Å². The Morgan fingerprint density at radius 2 is 1.02 bits per heavy atom. The van der Waals surface area contributed by atoms with E-state index >= 15 is 4.79 Å².